The Morgan fingerprint density at radius 3 is 2.59 bits per heavy atom. The quantitative estimate of drug-likeness (QED) is 0.689. The minimum atomic E-state index is -1.11. The number of aromatic nitrogens is 3. The summed E-state index contributed by atoms with van der Waals surface area (Å²) in [5.41, 5.74) is -0.0307. The number of hydrogen-bond acceptors (Lipinski definition) is 5. The summed E-state index contributed by atoms with van der Waals surface area (Å²) < 4.78 is 26.8. The third-order valence-electron chi connectivity index (χ3n) is 3.57. The Kier molecular flexibility index (Phi) is 5.15. The van der Waals surface area contributed by atoms with Crippen LogP contribution < -0.4 is 16.2 Å². The Balaban J connectivity index is 1.58. The number of carbonyl (C=O) groups is 2. The maximum absolute atomic E-state index is 13.1. The van der Waals surface area contributed by atoms with Gasteiger partial charge in [-0.1, -0.05) is 17.3 Å². The number of anilines is 1. The Hall–Kier alpha value is -3.69. The smallest absolute Gasteiger partial charge is 0.278 e. The van der Waals surface area contributed by atoms with E-state index in [1.54, 1.807) is 24.3 Å². The fourth-order valence-corrected chi connectivity index (χ4v) is 2.28. The van der Waals surface area contributed by atoms with E-state index in [0.717, 1.165) is 16.8 Å². The van der Waals surface area contributed by atoms with Gasteiger partial charge in [0.1, 0.15) is 12.1 Å². The van der Waals surface area contributed by atoms with Crippen LogP contribution in [-0.2, 0) is 16.1 Å². The predicted molar refractivity (Wildman–Crippen MR) is 91.8 cm³/mol. The minimum Gasteiger partial charge on any atom is -0.345 e. The standard InChI is InChI=1S/C17H13F2N5O3/c18-12-6-5-10(7-13(12)19)21-15(25)8-20-16(26)9-24-17(27)11-3-1-2-4-14(11)22-23-24/h1-7H,8-9H2,(H,20,26)(H,21,25). The van der Waals surface area contributed by atoms with Crippen molar-refractivity contribution in [3.05, 3.63) is 64.5 Å². The zero-order valence-electron chi connectivity index (χ0n) is 13.8. The van der Waals surface area contributed by atoms with Crippen LogP contribution in [0.3, 0.4) is 0 Å². The molecule has 138 valence electrons. The first kappa shape index (κ1) is 18.1. The third kappa shape index (κ3) is 4.29. The van der Waals surface area contributed by atoms with Crippen LogP contribution in [-0.4, -0.2) is 33.4 Å². The lowest BCUT2D eigenvalue weighted by atomic mass is 10.2. The number of hydrogen-bond donors (Lipinski definition) is 2. The summed E-state index contributed by atoms with van der Waals surface area (Å²) in [6, 6.07) is 9.43. The van der Waals surface area contributed by atoms with Gasteiger partial charge in [0.15, 0.2) is 11.6 Å². The average Bonchev–Trinajstić information content (AvgIpc) is 2.65. The molecule has 0 radical (unpaired) electrons. The van der Waals surface area contributed by atoms with Gasteiger partial charge < -0.3 is 10.6 Å². The van der Waals surface area contributed by atoms with E-state index in [-0.39, 0.29) is 5.69 Å². The van der Waals surface area contributed by atoms with Gasteiger partial charge in [0.25, 0.3) is 5.56 Å². The molecule has 10 heteroatoms. The second-order valence-electron chi connectivity index (χ2n) is 5.52. The lowest BCUT2D eigenvalue weighted by molar-refractivity contribution is -0.124. The van der Waals surface area contributed by atoms with E-state index in [1.165, 1.54) is 6.07 Å². The van der Waals surface area contributed by atoms with Crippen LogP contribution in [0.1, 0.15) is 0 Å². The van der Waals surface area contributed by atoms with Gasteiger partial charge >= 0.3 is 0 Å². The fourth-order valence-electron chi connectivity index (χ4n) is 2.28. The molecule has 0 atom stereocenters. The Bertz CT molecular complexity index is 1080. The SMILES string of the molecule is O=C(Cn1nnc2ccccc2c1=O)NCC(=O)Nc1ccc(F)c(F)c1. The summed E-state index contributed by atoms with van der Waals surface area (Å²) in [4.78, 5) is 35.9. The molecule has 0 aliphatic rings. The molecule has 8 nitrogen and oxygen atoms in total. The van der Waals surface area contributed by atoms with Crippen molar-refractivity contribution in [1.29, 1.82) is 0 Å². The normalized spacial score (nSPS) is 10.6. The maximum atomic E-state index is 13.1. The topological polar surface area (TPSA) is 106 Å². The van der Waals surface area contributed by atoms with Crippen LogP contribution in [0.2, 0.25) is 0 Å². The molecular weight excluding hydrogens is 360 g/mol. The van der Waals surface area contributed by atoms with Gasteiger partial charge in [0.05, 0.1) is 11.9 Å². The Labute approximate surface area is 150 Å². The molecule has 0 saturated heterocycles. The van der Waals surface area contributed by atoms with Crippen LogP contribution in [0.4, 0.5) is 14.5 Å². The van der Waals surface area contributed by atoms with Crippen LogP contribution >= 0.6 is 0 Å². The highest BCUT2D eigenvalue weighted by Crippen LogP contribution is 2.12. The van der Waals surface area contributed by atoms with Gasteiger partial charge in [-0.05, 0) is 24.3 Å². The first-order chi connectivity index (χ1) is 12.9. The lowest BCUT2D eigenvalue weighted by Crippen LogP contribution is -2.38. The zero-order chi connectivity index (χ0) is 19.4. The highest BCUT2D eigenvalue weighted by Gasteiger charge is 2.11. The fraction of sp³-hybridized carbons (Fsp3) is 0.118. The highest BCUT2D eigenvalue weighted by molar-refractivity contribution is 5.94. The summed E-state index contributed by atoms with van der Waals surface area (Å²) >= 11 is 0. The largest absolute Gasteiger partial charge is 0.345 e. The van der Waals surface area contributed by atoms with E-state index < -0.39 is 42.1 Å². The molecule has 1 heterocycles. The minimum absolute atomic E-state index is 0.0461. The lowest BCUT2D eigenvalue weighted by Gasteiger charge is -2.08. The summed E-state index contributed by atoms with van der Waals surface area (Å²) in [6.45, 7) is -0.845. The number of nitrogens with zero attached hydrogens (tertiary/aromatic N) is 3. The van der Waals surface area contributed by atoms with Crippen molar-refractivity contribution in [3.8, 4) is 0 Å². The monoisotopic (exact) mass is 373 g/mol. The van der Waals surface area contributed by atoms with Gasteiger partial charge in [-0.15, -0.1) is 5.10 Å². The molecule has 0 aliphatic heterocycles. The molecule has 3 rings (SSSR count). The molecule has 0 unspecified atom stereocenters. The predicted octanol–water partition coefficient (Wildman–Crippen LogP) is 0.825. The molecule has 27 heavy (non-hydrogen) atoms. The van der Waals surface area contributed by atoms with E-state index in [9.17, 15) is 23.2 Å². The van der Waals surface area contributed by atoms with Gasteiger partial charge in [-0.25, -0.2) is 13.5 Å². The van der Waals surface area contributed by atoms with Crippen molar-refractivity contribution in [2.24, 2.45) is 0 Å². The van der Waals surface area contributed by atoms with Crippen LogP contribution in [0.25, 0.3) is 10.9 Å². The molecular formula is C17H13F2N5O3. The van der Waals surface area contributed by atoms with Crippen molar-refractivity contribution in [2.75, 3.05) is 11.9 Å². The van der Waals surface area contributed by atoms with Gasteiger partial charge in [0.2, 0.25) is 11.8 Å². The second kappa shape index (κ2) is 7.68. The first-order valence-corrected chi connectivity index (χ1v) is 7.78. The van der Waals surface area contributed by atoms with Crippen molar-refractivity contribution < 1.29 is 18.4 Å². The molecule has 2 N–H and O–H groups in total. The van der Waals surface area contributed by atoms with Gasteiger partial charge in [0, 0.05) is 11.8 Å². The molecule has 2 amide bonds. The summed E-state index contributed by atoms with van der Waals surface area (Å²) in [6.07, 6.45) is 0. The van der Waals surface area contributed by atoms with E-state index in [1.807, 2.05) is 0 Å². The van der Waals surface area contributed by atoms with E-state index in [0.29, 0.717) is 10.9 Å². The Morgan fingerprint density at radius 1 is 1.04 bits per heavy atom. The summed E-state index contributed by atoms with van der Waals surface area (Å²) in [7, 11) is 0. The summed E-state index contributed by atoms with van der Waals surface area (Å²) in [5, 5.41) is 12.5. The molecule has 0 aliphatic carbocycles. The van der Waals surface area contributed by atoms with E-state index >= 15 is 0 Å². The van der Waals surface area contributed by atoms with E-state index in [4.69, 9.17) is 0 Å². The molecule has 0 spiro atoms. The van der Waals surface area contributed by atoms with Crippen LogP contribution in [0, 0.1) is 11.6 Å². The second-order valence-corrected chi connectivity index (χ2v) is 5.52. The number of benzene rings is 2. The molecule has 2 aromatic carbocycles. The average molecular weight is 373 g/mol. The van der Waals surface area contributed by atoms with Crippen LogP contribution in [0.15, 0.2) is 47.3 Å². The number of rotatable bonds is 5. The first-order valence-electron chi connectivity index (χ1n) is 7.78. The highest BCUT2D eigenvalue weighted by atomic mass is 19.2. The summed E-state index contributed by atoms with van der Waals surface area (Å²) in [5.74, 6) is -3.43. The van der Waals surface area contributed by atoms with Gasteiger partial charge in [-0.2, -0.15) is 0 Å². The number of amides is 2. The van der Waals surface area contributed by atoms with Crippen molar-refractivity contribution in [3.63, 3.8) is 0 Å². The molecule has 1 aromatic heterocycles. The molecule has 0 fully saturated rings. The van der Waals surface area contributed by atoms with Gasteiger partial charge in [-0.3, -0.25) is 14.4 Å². The zero-order valence-corrected chi connectivity index (χ0v) is 13.8. The number of halogens is 2. The molecule has 3 aromatic rings. The number of nitrogens with one attached hydrogen (secondary N) is 2. The van der Waals surface area contributed by atoms with Crippen molar-refractivity contribution in [1.82, 2.24) is 20.3 Å². The van der Waals surface area contributed by atoms with E-state index in [2.05, 4.69) is 20.9 Å². The maximum Gasteiger partial charge on any atom is 0.278 e. The van der Waals surface area contributed by atoms with Crippen molar-refractivity contribution in [2.45, 2.75) is 6.54 Å². The number of fused-ring (bicyclic) bond motifs is 1. The van der Waals surface area contributed by atoms with Crippen molar-refractivity contribution >= 4 is 28.4 Å². The Morgan fingerprint density at radius 2 is 1.81 bits per heavy atom. The number of carbonyl (C=O) groups excluding carboxylic acids is 2. The molecule has 0 bridgehead atoms. The molecule has 0 saturated carbocycles. The third-order valence-corrected chi connectivity index (χ3v) is 3.57. The van der Waals surface area contributed by atoms with Crippen LogP contribution in [0.5, 0.6) is 0 Å².